The Morgan fingerprint density at radius 3 is 2.88 bits per heavy atom. The molecule has 0 aromatic carbocycles. The standard InChI is InChI=1S/C12H24N2OS.ClH/c1-13-10-11-6-5-8-14(11)12(15)7-3-4-9-16-2;/h11,13H,3-10H2,1-2H3;1H. The van der Waals surface area contributed by atoms with Gasteiger partial charge in [-0.15, -0.1) is 12.4 Å². The molecule has 1 amide bonds. The van der Waals surface area contributed by atoms with Gasteiger partial charge in [-0.1, -0.05) is 0 Å². The van der Waals surface area contributed by atoms with Crippen molar-refractivity contribution in [3.63, 3.8) is 0 Å². The van der Waals surface area contributed by atoms with E-state index in [0.717, 1.165) is 38.8 Å². The summed E-state index contributed by atoms with van der Waals surface area (Å²) >= 11 is 1.86. The van der Waals surface area contributed by atoms with Gasteiger partial charge in [0.2, 0.25) is 5.91 Å². The van der Waals surface area contributed by atoms with Crippen LogP contribution >= 0.6 is 24.2 Å². The third kappa shape index (κ3) is 5.98. The first kappa shape index (κ1) is 17.1. The van der Waals surface area contributed by atoms with Crippen LogP contribution in [0.15, 0.2) is 0 Å². The van der Waals surface area contributed by atoms with Gasteiger partial charge in [0.15, 0.2) is 0 Å². The summed E-state index contributed by atoms with van der Waals surface area (Å²) in [6, 6.07) is 0.443. The summed E-state index contributed by atoms with van der Waals surface area (Å²) in [5.74, 6) is 1.53. The van der Waals surface area contributed by atoms with Crippen LogP contribution in [0, 0.1) is 0 Å². The van der Waals surface area contributed by atoms with Crippen molar-refractivity contribution >= 4 is 30.1 Å². The van der Waals surface area contributed by atoms with E-state index in [1.54, 1.807) is 0 Å². The molecule has 1 fully saturated rings. The van der Waals surface area contributed by atoms with E-state index in [1.165, 1.54) is 12.2 Å². The van der Waals surface area contributed by atoms with Crippen molar-refractivity contribution in [1.29, 1.82) is 0 Å². The predicted octanol–water partition coefficient (Wildman–Crippen LogP) is 2.15. The minimum absolute atomic E-state index is 0. The Kier molecular flexibility index (Phi) is 10.1. The molecule has 0 aliphatic carbocycles. The highest BCUT2D eigenvalue weighted by molar-refractivity contribution is 7.98. The van der Waals surface area contributed by atoms with Gasteiger partial charge in [-0.2, -0.15) is 11.8 Å². The van der Waals surface area contributed by atoms with Gasteiger partial charge < -0.3 is 10.2 Å². The van der Waals surface area contributed by atoms with Crippen LogP contribution in [-0.4, -0.2) is 49.0 Å². The molecule has 102 valence electrons. The highest BCUT2D eigenvalue weighted by atomic mass is 35.5. The van der Waals surface area contributed by atoms with E-state index in [-0.39, 0.29) is 12.4 Å². The Balaban J connectivity index is 0.00000256. The SMILES string of the molecule is CNCC1CCCN1C(=O)CCCCSC.Cl. The molecule has 0 spiro atoms. The molecular weight excluding hydrogens is 256 g/mol. The molecule has 0 bridgehead atoms. The van der Waals surface area contributed by atoms with Gasteiger partial charge in [-0.3, -0.25) is 4.79 Å². The van der Waals surface area contributed by atoms with E-state index in [2.05, 4.69) is 16.5 Å². The average molecular weight is 281 g/mol. The monoisotopic (exact) mass is 280 g/mol. The van der Waals surface area contributed by atoms with Crippen molar-refractivity contribution in [2.75, 3.05) is 32.1 Å². The van der Waals surface area contributed by atoms with Crippen LogP contribution in [0.5, 0.6) is 0 Å². The average Bonchev–Trinajstić information content (AvgIpc) is 2.73. The van der Waals surface area contributed by atoms with Crippen molar-refractivity contribution in [2.24, 2.45) is 0 Å². The molecule has 5 heteroatoms. The second kappa shape index (κ2) is 10.0. The fourth-order valence-corrected chi connectivity index (χ4v) is 2.77. The summed E-state index contributed by atoms with van der Waals surface area (Å²) in [5, 5.41) is 3.17. The molecule has 1 unspecified atom stereocenters. The number of amides is 1. The lowest BCUT2D eigenvalue weighted by molar-refractivity contribution is -0.132. The van der Waals surface area contributed by atoms with Gasteiger partial charge in [0.1, 0.15) is 0 Å². The van der Waals surface area contributed by atoms with E-state index in [1.807, 2.05) is 18.8 Å². The number of hydrogen-bond donors (Lipinski definition) is 1. The minimum Gasteiger partial charge on any atom is -0.338 e. The van der Waals surface area contributed by atoms with Crippen LogP contribution in [-0.2, 0) is 4.79 Å². The number of unbranched alkanes of at least 4 members (excludes halogenated alkanes) is 1. The molecule has 17 heavy (non-hydrogen) atoms. The summed E-state index contributed by atoms with van der Waals surface area (Å²) < 4.78 is 0. The van der Waals surface area contributed by atoms with Crippen LogP contribution in [0.1, 0.15) is 32.1 Å². The second-order valence-electron chi connectivity index (χ2n) is 4.39. The van der Waals surface area contributed by atoms with E-state index >= 15 is 0 Å². The number of thioether (sulfide) groups is 1. The fraction of sp³-hybridized carbons (Fsp3) is 0.917. The summed E-state index contributed by atoms with van der Waals surface area (Å²) in [5.41, 5.74) is 0. The van der Waals surface area contributed by atoms with Gasteiger partial charge in [-0.05, 0) is 44.7 Å². The molecule has 1 rings (SSSR count). The number of likely N-dealkylation sites (N-methyl/N-ethyl adjacent to an activating group) is 1. The first-order valence-corrected chi connectivity index (χ1v) is 7.62. The van der Waals surface area contributed by atoms with Gasteiger partial charge in [-0.25, -0.2) is 0 Å². The Morgan fingerprint density at radius 1 is 1.47 bits per heavy atom. The molecule has 1 N–H and O–H groups in total. The highest BCUT2D eigenvalue weighted by Crippen LogP contribution is 2.18. The zero-order chi connectivity index (χ0) is 11.8. The van der Waals surface area contributed by atoms with E-state index in [9.17, 15) is 4.79 Å². The third-order valence-corrected chi connectivity index (χ3v) is 3.82. The fourth-order valence-electron chi connectivity index (χ4n) is 2.28. The van der Waals surface area contributed by atoms with Crippen molar-refractivity contribution in [1.82, 2.24) is 10.2 Å². The second-order valence-corrected chi connectivity index (χ2v) is 5.38. The van der Waals surface area contributed by atoms with Crippen LogP contribution in [0.4, 0.5) is 0 Å². The van der Waals surface area contributed by atoms with E-state index < -0.39 is 0 Å². The van der Waals surface area contributed by atoms with E-state index in [0.29, 0.717) is 11.9 Å². The van der Waals surface area contributed by atoms with Crippen LogP contribution in [0.3, 0.4) is 0 Å². The summed E-state index contributed by atoms with van der Waals surface area (Å²) in [7, 11) is 1.96. The molecule has 0 saturated carbocycles. The molecule has 1 atom stereocenters. The summed E-state index contributed by atoms with van der Waals surface area (Å²) in [6.07, 6.45) is 7.40. The zero-order valence-electron chi connectivity index (χ0n) is 10.9. The highest BCUT2D eigenvalue weighted by Gasteiger charge is 2.27. The Labute approximate surface area is 115 Å². The number of nitrogens with one attached hydrogen (secondary N) is 1. The quantitative estimate of drug-likeness (QED) is 0.726. The van der Waals surface area contributed by atoms with Gasteiger partial charge >= 0.3 is 0 Å². The number of carbonyl (C=O) groups is 1. The Bertz CT molecular complexity index is 217. The Hall–Kier alpha value is 0.0700. The summed E-state index contributed by atoms with van der Waals surface area (Å²) in [6.45, 7) is 1.91. The van der Waals surface area contributed by atoms with Crippen LogP contribution in [0.25, 0.3) is 0 Å². The van der Waals surface area contributed by atoms with Gasteiger partial charge in [0.05, 0.1) is 0 Å². The number of likely N-dealkylation sites (tertiary alicyclic amines) is 1. The molecule has 3 nitrogen and oxygen atoms in total. The molecular formula is C12H25ClN2OS. The number of rotatable bonds is 7. The lowest BCUT2D eigenvalue weighted by Crippen LogP contribution is -2.40. The molecule has 1 heterocycles. The molecule has 1 aliphatic rings. The lowest BCUT2D eigenvalue weighted by Gasteiger charge is -2.24. The van der Waals surface area contributed by atoms with Crippen molar-refractivity contribution in [3.8, 4) is 0 Å². The minimum atomic E-state index is 0. The van der Waals surface area contributed by atoms with E-state index in [4.69, 9.17) is 0 Å². The number of hydrogen-bond acceptors (Lipinski definition) is 3. The zero-order valence-corrected chi connectivity index (χ0v) is 12.5. The molecule has 0 aromatic rings. The molecule has 1 saturated heterocycles. The molecule has 0 aromatic heterocycles. The largest absolute Gasteiger partial charge is 0.338 e. The van der Waals surface area contributed by atoms with Crippen molar-refractivity contribution in [3.05, 3.63) is 0 Å². The first-order chi connectivity index (χ1) is 7.79. The smallest absolute Gasteiger partial charge is 0.222 e. The van der Waals surface area contributed by atoms with Crippen LogP contribution in [0.2, 0.25) is 0 Å². The van der Waals surface area contributed by atoms with Gasteiger partial charge in [0.25, 0.3) is 0 Å². The third-order valence-electron chi connectivity index (χ3n) is 3.13. The maximum atomic E-state index is 12.0. The van der Waals surface area contributed by atoms with Crippen molar-refractivity contribution in [2.45, 2.75) is 38.1 Å². The normalized spacial score (nSPS) is 19.2. The molecule has 0 radical (unpaired) electrons. The number of nitrogens with zero attached hydrogens (tertiary/aromatic N) is 1. The summed E-state index contributed by atoms with van der Waals surface area (Å²) in [4.78, 5) is 14.1. The Morgan fingerprint density at radius 2 is 2.24 bits per heavy atom. The lowest BCUT2D eigenvalue weighted by atomic mass is 10.2. The number of carbonyl (C=O) groups excluding carboxylic acids is 1. The maximum Gasteiger partial charge on any atom is 0.222 e. The number of halogens is 1. The maximum absolute atomic E-state index is 12.0. The van der Waals surface area contributed by atoms with Gasteiger partial charge in [0, 0.05) is 25.6 Å². The first-order valence-electron chi connectivity index (χ1n) is 6.22. The topological polar surface area (TPSA) is 32.3 Å². The predicted molar refractivity (Wildman–Crippen MR) is 78.1 cm³/mol. The van der Waals surface area contributed by atoms with Crippen LogP contribution < -0.4 is 5.32 Å². The molecule has 1 aliphatic heterocycles. The van der Waals surface area contributed by atoms with Crippen molar-refractivity contribution < 1.29 is 4.79 Å².